The number of benzene rings is 3. The van der Waals surface area contributed by atoms with E-state index in [1.165, 1.54) is 0 Å². The van der Waals surface area contributed by atoms with Crippen LogP contribution in [0.1, 0.15) is 33.5 Å². The number of nitrogens with zero attached hydrogens (tertiary/aromatic N) is 1. The molecule has 0 aliphatic carbocycles. The fourth-order valence-electron chi connectivity index (χ4n) is 3.95. The Balaban J connectivity index is 1.36. The van der Waals surface area contributed by atoms with Gasteiger partial charge in [-0.2, -0.15) is 0 Å². The highest BCUT2D eigenvalue weighted by molar-refractivity contribution is 7.90. The molecule has 0 unspecified atom stereocenters. The molecule has 0 radical (unpaired) electrons. The quantitative estimate of drug-likeness (QED) is 0.606. The van der Waals surface area contributed by atoms with E-state index in [1.807, 2.05) is 31.2 Å². The SMILES string of the molecule is Cc1ccc(S(=O)(=O)Cc2ccc(C(=O)NCC(=O)N3CCCc4ccccc43)cc2)cc1. The van der Waals surface area contributed by atoms with Crippen LogP contribution in [-0.4, -0.2) is 33.3 Å². The third-order valence-corrected chi connectivity index (χ3v) is 7.47. The first kappa shape index (κ1) is 22.7. The molecule has 1 N–H and O–H groups in total. The van der Waals surface area contributed by atoms with E-state index >= 15 is 0 Å². The summed E-state index contributed by atoms with van der Waals surface area (Å²) in [6, 6.07) is 21.0. The van der Waals surface area contributed by atoms with Crippen LogP contribution < -0.4 is 10.2 Å². The number of aryl methyl sites for hydroxylation is 2. The van der Waals surface area contributed by atoms with Crippen LogP contribution in [0.25, 0.3) is 0 Å². The van der Waals surface area contributed by atoms with Gasteiger partial charge in [-0.15, -0.1) is 0 Å². The molecule has 6 nitrogen and oxygen atoms in total. The number of fused-ring (bicyclic) bond motifs is 1. The summed E-state index contributed by atoms with van der Waals surface area (Å²) in [4.78, 5) is 27.2. The van der Waals surface area contributed by atoms with Gasteiger partial charge in [-0.1, -0.05) is 48.0 Å². The minimum absolute atomic E-state index is 0.100. The normalized spacial score (nSPS) is 13.3. The minimum Gasteiger partial charge on any atom is -0.343 e. The highest BCUT2D eigenvalue weighted by Gasteiger charge is 2.22. The van der Waals surface area contributed by atoms with Crippen LogP contribution in [0.3, 0.4) is 0 Å². The Morgan fingerprint density at radius 3 is 2.36 bits per heavy atom. The van der Waals surface area contributed by atoms with Gasteiger partial charge in [0.25, 0.3) is 5.91 Å². The Labute approximate surface area is 194 Å². The molecule has 0 atom stereocenters. The third kappa shape index (κ3) is 5.31. The zero-order chi connectivity index (χ0) is 23.4. The van der Waals surface area contributed by atoms with Crippen molar-refractivity contribution in [2.75, 3.05) is 18.0 Å². The molecule has 1 aliphatic rings. The van der Waals surface area contributed by atoms with Gasteiger partial charge in [0.15, 0.2) is 9.84 Å². The predicted octanol–water partition coefficient (Wildman–Crippen LogP) is 3.68. The van der Waals surface area contributed by atoms with Crippen LogP contribution in [0.15, 0.2) is 77.7 Å². The summed E-state index contributed by atoms with van der Waals surface area (Å²) < 4.78 is 25.3. The average Bonchev–Trinajstić information content (AvgIpc) is 2.82. The van der Waals surface area contributed by atoms with Crippen LogP contribution >= 0.6 is 0 Å². The Hall–Kier alpha value is -3.45. The Kier molecular flexibility index (Phi) is 6.60. The molecule has 170 valence electrons. The highest BCUT2D eigenvalue weighted by Crippen LogP contribution is 2.26. The topological polar surface area (TPSA) is 83.5 Å². The number of anilines is 1. The van der Waals surface area contributed by atoms with E-state index in [4.69, 9.17) is 0 Å². The predicted molar refractivity (Wildman–Crippen MR) is 128 cm³/mol. The highest BCUT2D eigenvalue weighted by atomic mass is 32.2. The van der Waals surface area contributed by atoms with Crippen LogP contribution in [0, 0.1) is 6.92 Å². The molecule has 0 aromatic heterocycles. The van der Waals surface area contributed by atoms with Crippen molar-refractivity contribution in [2.24, 2.45) is 0 Å². The van der Waals surface area contributed by atoms with Crippen molar-refractivity contribution in [3.63, 3.8) is 0 Å². The summed E-state index contributed by atoms with van der Waals surface area (Å²) in [6.45, 7) is 2.44. The van der Waals surface area contributed by atoms with Crippen molar-refractivity contribution in [1.82, 2.24) is 5.32 Å². The average molecular weight is 463 g/mol. The summed E-state index contributed by atoms with van der Waals surface area (Å²) in [7, 11) is -3.47. The molecule has 0 bridgehead atoms. The fourth-order valence-corrected chi connectivity index (χ4v) is 5.30. The Morgan fingerprint density at radius 1 is 0.939 bits per heavy atom. The van der Waals surface area contributed by atoms with Crippen molar-refractivity contribution >= 4 is 27.3 Å². The monoisotopic (exact) mass is 462 g/mol. The van der Waals surface area contributed by atoms with Gasteiger partial charge in [-0.25, -0.2) is 8.42 Å². The third-order valence-electron chi connectivity index (χ3n) is 5.76. The second kappa shape index (κ2) is 9.58. The maximum absolute atomic E-state index is 12.7. The maximum Gasteiger partial charge on any atom is 0.251 e. The molecule has 1 aliphatic heterocycles. The molecule has 4 rings (SSSR count). The van der Waals surface area contributed by atoms with Crippen LogP contribution in [0.4, 0.5) is 5.69 Å². The standard InChI is InChI=1S/C26H26N2O4S/c1-19-8-14-23(15-9-19)33(31,32)18-20-10-12-22(13-11-20)26(30)27-17-25(29)28-16-4-6-21-5-2-3-7-24(21)28/h2-3,5,7-15H,4,6,16-18H2,1H3,(H,27,30). The van der Waals surface area contributed by atoms with Gasteiger partial charge in [0.2, 0.25) is 5.91 Å². The fraction of sp³-hybridized carbons (Fsp3) is 0.231. The van der Waals surface area contributed by atoms with Crippen molar-refractivity contribution in [3.05, 3.63) is 95.1 Å². The van der Waals surface area contributed by atoms with Gasteiger partial charge >= 0.3 is 0 Å². The van der Waals surface area contributed by atoms with E-state index in [1.54, 1.807) is 53.4 Å². The number of sulfone groups is 1. The van der Waals surface area contributed by atoms with Gasteiger partial charge in [-0.3, -0.25) is 9.59 Å². The number of hydrogen-bond donors (Lipinski definition) is 1. The molecule has 0 spiro atoms. The van der Waals surface area contributed by atoms with Gasteiger partial charge in [0, 0.05) is 17.8 Å². The largest absolute Gasteiger partial charge is 0.343 e. The number of rotatable bonds is 6. The summed E-state index contributed by atoms with van der Waals surface area (Å²) in [5.74, 6) is -0.678. The lowest BCUT2D eigenvalue weighted by Crippen LogP contribution is -2.42. The second-order valence-electron chi connectivity index (χ2n) is 8.23. The van der Waals surface area contributed by atoms with Crippen molar-refractivity contribution < 1.29 is 18.0 Å². The summed E-state index contributed by atoms with van der Waals surface area (Å²) in [5, 5.41) is 2.68. The minimum atomic E-state index is -3.47. The first-order valence-corrected chi connectivity index (χ1v) is 12.5. The number of carbonyl (C=O) groups excluding carboxylic acids is 2. The summed E-state index contributed by atoms with van der Waals surface area (Å²) >= 11 is 0. The summed E-state index contributed by atoms with van der Waals surface area (Å²) in [5.41, 5.74) is 4.00. The maximum atomic E-state index is 12.7. The lowest BCUT2D eigenvalue weighted by molar-refractivity contribution is -0.117. The van der Waals surface area contributed by atoms with E-state index in [-0.39, 0.29) is 29.0 Å². The Bertz CT molecular complexity index is 1270. The van der Waals surface area contributed by atoms with Crippen LogP contribution in [0.2, 0.25) is 0 Å². The van der Waals surface area contributed by atoms with E-state index in [9.17, 15) is 18.0 Å². The van der Waals surface area contributed by atoms with Crippen molar-refractivity contribution in [2.45, 2.75) is 30.4 Å². The van der Waals surface area contributed by atoms with Crippen LogP contribution in [-0.2, 0) is 26.8 Å². The molecule has 0 saturated carbocycles. The zero-order valence-electron chi connectivity index (χ0n) is 18.5. The second-order valence-corrected chi connectivity index (χ2v) is 10.2. The molecule has 0 fully saturated rings. The lowest BCUT2D eigenvalue weighted by Gasteiger charge is -2.29. The van der Waals surface area contributed by atoms with E-state index in [0.717, 1.165) is 29.7 Å². The molecular weight excluding hydrogens is 436 g/mol. The summed E-state index contributed by atoms with van der Waals surface area (Å²) in [6.07, 6.45) is 1.84. The number of para-hydroxylation sites is 1. The van der Waals surface area contributed by atoms with E-state index in [2.05, 4.69) is 5.32 Å². The Morgan fingerprint density at radius 2 is 1.64 bits per heavy atom. The molecule has 3 aromatic rings. The van der Waals surface area contributed by atoms with Crippen molar-refractivity contribution in [3.8, 4) is 0 Å². The van der Waals surface area contributed by atoms with Gasteiger partial charge < -0.3 is 10.2 Å². The van der Waals surface area contributed by atoms with Crippen molar-refractivity contribution in [1.29, 1.82) is 0 Å². The number of nitrogens with one attached hydrogen (secondary N) is 1. The number of amides is 2. The van der Waals surface area contributed by atoms with Gasteiger partial charge in [0.05, 0.1) is 17.2 Å². The first-order valence-electron chi connectivity index (χ1n) is 10.9. The molecule has 3 aromatic carbocycles. The van der Waals surface area contributed by atoms with E-state index < -0.39 is 9.84 Å². The smallest absolute Gasteiger partial charge is 0.251 e. The number of carbonyl (C=O) groups is 2. The van der Waals surface area contributed by atoms with Crippen LogP contribution in [0.5, 0.6) is 0 Å². The first-order chi connectivity index (χ1) is 15.8. The van der Waals surface area contributed by atoms with Gasteiger partial charge in [-0.05, 0) is 61.2 Å². The molecule has 1 heterocycles. The lowest BCUT2D eigenvalue weighted by atomic mass is 10.0. The molecule has 2 amide bonds. The number of hydrogen-bond acceptors (Lipinski definition) is 4. The van der Waals surface area contributed by atoms with Gasteiger partial charge in [0.1, 0.15) is 0 Å². The van der Waals surface area contributed by atoms with E-state index in [0.29, 0.717) is 17.7 Å². The zero-order valence-corrected chi connectivity index (χ0v) is 19.3. The molecule has 33 heavy (non-hydrogen) atoms. The molecule has 0 saturated heterocycles. The molecular formula is C26H26N2O4S. The molecule has 7 heteroatoms.